The van der Waals surface area contributed by atoms with Crippen molar-refractivity contribution in [2.24, 2.45) is 0 Å². The van der Waals surface area contributed by atoms with Crippen molar-refractivity contribution in [2.45, 2.75) is 0 Å². The smallest absolute Gasteiger partial charge is 0.143 e. The predicted molar refractivity (Wildman–Crippen MR) is 152 cm³/mol. The third-order valence-electron chi connectivity index (χ3n) is 6.88. The van der Waals surface area contributed by atoms with Crippen molar-refractivity contribution in [1.29, 1.82) is 0 Å². The largest absolute Gasteiger partial charge is 0.455 e. The minimum absolute atomic E-state index is 0.876. The van der Waals surface area contributed by atoms with Gasteiger partial charge in [-0.25, -0.2) is 0 Å². The van der Waals surface area contributed by atoms with Crippen LogP contribution in [0.1, 0.15) is 0 Å². The average Bonchev–Trinajstić information content (AvgIpc) is 3.33. The van der Waals surface area contributed by atoms with Crippen LogP contribution in [-0.4, -0.2) is 0 Å². The molecule has 0 saturated carbocycles. The van der Waals surface area contributed by atoms with Crippen molar-refractivity contribution in [3.63, 3.8) is 0 Å². The van der Waals surface area contributed by atoms with Crippen LogP contribution in [0.5, 0.6) is 0 Å². The maximum absolute atomic E-state index is 6.45. The molecule has 0 amide bonds. The molecule has 0 saturated heterocycles. The molecule has 2 heteroatoms. The van der Waals surface area contributed by atoms with Crippen LogP contribution in [-0.2, 0) is 0 Å². The van der Waals surface area contributed by atoms with Crippen LogP contribution >= 0.6 is 0 Å². The number of para-hydroxylation sites is 2. The van der Waals surface area contributed by atoms with Gasteiger partial charge >= 0.3 is 0 Å². The Bertz CT molecular complexity index is 1860. The van der Waals surface area contributed by atoms with E-state index < -0.39 is 0 Å². The molecule has 1 N–H and O–H groups in total. The maximum Gasteiger partial charge on any atom is 0.143 e. The fourth-order valence-corrected chi connectivity index (χ4v) is 5.23. The van der Waals surface area contributed by atoms with E-state index in [0.29, 0.717) is 0 Å². The first-order valence-electron chi connectivity index (χ1n) is 12.2. The van der Waals surface area contributed by atoms with Crippen molar-refractivity contribution in [3.8, 4) is 22.3 Å². The molecule has 1 aromatic heterocycles. The van der Waals surface area contributed by atoms with E-state index in [2.05, 4.69) is 127 Å². The molecule has 0 aliphatic rings. The number of hydrogen-bond donors (Lipinski definition) is 1. The number of nitrogens with one attached hydrogen (secondary N) is 1. The van der Waals surface area contributed by atoms with E-state index in [1.807, 2.05) is 12.1 Å². The lowest BCUT2D eigenvalue weighted by Gasteiger charge is -2.15. The van der Waals surface area contributed by atoms with Gasteiger partial charge in [0.2, 0.25) is 0 Å². The maximum atomic E-state index is 6.45. The second kappa shape index (κ2) is 8.44. The van der Waals surface area contributed by atoms with Gasteiger partial charge in [-0.05, 0) is 40.1 Å². The van der Waals surface area contributed by atoms with Gasteiger partial charge in [-0.1, -0.05) is 115 Å². The average molecular weight is 462 g/mol. The van der Waals surface area contributed by atoms with E-state index in [-0.39, 0.29) is 0 Å². The van der Waals surface area contributed by atoms with E-state index >= 15 is 0 Å². The van der Waals surface area contributed by atoms with Crippen LogP contribution in [0, 0.1) is 0 Å². The topological polar surface area (TPSA) is 25.2 Å². The standard InChI is InChI=1S/C34H23NO/c1-2-11-24(12-3-1)26-17-9-19-29-33-31(21-10-22-32(33)36-34(26)29)35-30-20-7-6-16-28(30)27-18-8-14-23-13-4-5-15-25(23)27/h1-22,35H. The lowest BCUT2D eigenvalue weighted by Crippen LogP contribution is -1.94. The third-order valence-corrected chi connectivity index (χ3v) is 6.88. The van der Waals surface area contributed by atoms with Gasteiger partial charge in [-0.2, -0.15) is 0 Å². The van der Waals surface area contributed by atoms with Crippen LogP contribution < -0.4 is 5.32 Å². The summed E-state index contributed by atoms with van der Waals surface area (Å²) >= 11 is 0. The zero-order valence-electron chi connectivity index (χ0n) is 19.6. The zero-order valence-corrected chi connectivity index (χ0v) is 19.6. The summed E-state index contributed by atoms with van der Waals surface area (Å²) in [6.45, 7) is 0. The molecule has 170 valence electrons. The summed E-state index contributed by atoms with van der Waals surface area (Å²) in [5.41, 5.74) is 8.52. The Morgan fingerprint density at radius 1 is 0.444 bits per heavy atom. The fourth-order valence-electron chi connectivity index (χ4n) is 5.23. The molecular weight excluding hydrogens is 438 g/mol. The molecule has 7 rings (SSSR count). The molecule has 0 fully saturated rings. The van der Waals surface area contributed by atoms with Gasteiger partial charge < -0.3 is 9.73 Å². The number of anilines is 2. The first-order chi connectivity index (χ1) is 17.9. The highest BCUT2D eigenvalue weighted by Gasteiger charge is 2.16. The van der Waals surface area contributed by atoms with Crippen molar-refractivity contribution >= 4 is 44.1 Å². The number of benzene rings is 6. The van der Waals surface area contributed by atoms with Gasteiger partial charge in [-0.3, -0.25) is 0 Å². The molecule has 6 aromatic carbocycles. The Morgan fingerprint density at radius 2 is 1.08 bits per heavy atom. The lowest BCUT2D eigenvalue weighted by molar-refractivity contribution is 0.670. The minimum Gasteiger partial charge on any atom is -0.455 e. The Labute approximate surface area is 209 Å². The van der Waals surface area contributed by atoms with Crippen LogP contribution in [0.2, 0.25) is 0 Å². The highest BCUT2D eigenvalue weighted by molar-refractivity contribution is 6.15. The summed E-state index contributed by atoms with van der Waals surface area (Å²) in [4.78, 5) is 0. The molecule has 0 bridgehead atoms. The van der Waals surface area contributed by atoms with Gasteiger partial charge in [0.1, 0.15) is 11.2 Å². The van der Waals surface area contributed by atoms with E-state index in [1.54, 1.807) is 0 Å². The molecular formula is C34H23NO. The summed E-state index contributed by atoms with van der Waals surface area (Å²) in [6, 6.07) is 46.6. The molecule has 0 spiro atoms. The minimum atomic E-state index is 0.876. The number of fused-ring (bicyclic) bond motifs is 4. The van der Waals surface area contributed by atoms with E-state index in [9.17, 15) is 0 Å². The summed E-state index contributed by atoms with van der Waals surface area (Å²) in [6.07, 6.45) is 0. The molecule has 0 unspecified atom stereocenters. The van der Waals surface area contributed by atoms with Crippen LogP contribution in [0.25, 0.3) is 55.0 Å². The highest BCUT2D eigenvalue weighted by Crippen LogP contribution is 2.41. The first-order valence-corrected chi connectivity index (χ1v) is 12.2. The van der Waals surface area contributed by atoms with Crippen molar-refractivity contribution < 1.29 is 4.42 Å². The van der Waals surface area contributed by atoms with Gasteiger partial charge in [-0.15, -0.1) is 0 Å². The first kappa shape index (κ1) is 20.5. The Balaban J connectivity index is 1.40. The molecule has 36 heavy (non-hydrogen) atoms. The molecule has 0 aliphatic heterocycles. The lowest BCUT2D eigenvalue weighted by atomic mass is 9.97. The third kappa shape index (κ3) is 3.35. The highest BCUT2D eigenvalue weighted by atomic mass is 16.3. The summed E-state index contributed by atoms with van der Waals surface area (Å²) < 4.78 is 6.45. The quantitative estimate of drug-likeness (QED) is 0.282. The zero-order chi connectivity index (χ0) is 23.9. The van der Waals surface area contributed by atoms with Crippen LogP contribution in [0.4, 0.5) is 11.4 Å². The van der Waals surface area contributed by atoms with Gasteiger partial charge in [0.15, 0.2) is 0 Å². The normalized spacial score (nSPS) is 11.3. The fraction of sp³-hybridized carbons (Fsp3) is 0. The van der Waals surface area contributed by atoms with E-state index in [0.717, 1.165) is 44.4 Å². The number of furan rings is 1. The monoisotopic (exact) mass is 461 g/mol. The van der Waals surface area contributed by atoms with E-state index in [1.165, 1.54) is 21.9 Å². The molecule has 1 heterocycles. The Kier molecular flexibility index (Phi) is 4.82. The predicted octanol–water partition coefficient (Wildman–Crippen LogP) is 9.82. The molecule has 0 atom stereocenters. The van der Waals surface area contributed by atoms with Gasteiger partial charge in [0, 0.05) is 22.2 Å². The summed E-state index contributed by atoms with van der Waals surface area (Å²) in [7, 11) is 0. The van der Waals surface area contributed by atoms with Gasteiger partial charge in [0.25, 0.3) is 0 Å². The molecule has 2 nitrogen and oxygen atoms in total. The number of rotatable bonds is 4. The second-order valence-electron chi connectivity index (χ2n) is 9.03. The molecule has 0 aliphatic carbocycles. The van der Waals surface area contributed by atoms with Gasteiger partial charge in [0.05, 0.1) is 11.1 Å². The summed E-state index contributed by atoms with van der Waals surface area (Å²) in [5.74, 6) is 0. The molecule has 0 radical (unpaired) electrons. The van der Waals surface area contributed by atoms with Crippen molar-refractivity contribution in [1.82, 2.24) is 0 Å². The SMILES string of the molecule is c1ccc(-c2cccc3c2oc2cccc(Nc4ccccc4-c4cccc5ccccc45)c23)cc1. The molecule has 7 aromatic rings. The number of hydrogen-bond acceptors (Lipinski definition) is 2. The van der Waals surface area contributed by atoms with Crippen molar-refractivity contribution in [3.05, 3.63) is 133 Å². The van der Waals surface area contributed by atoms with E-state index in [4.69, 9.17) is 4.42 Å². The summed E-state index contributed by atoms with van der Waals surface area (Å²) in [5, 5.41) is 8.44. The van der Waals surface area contributed by atoms with Crippen LogP contribution in [0.15, 0.2) is 138 Å². The Morgan fingerprint density at radius 3 is 2.03 bits per heavy atom. The Hall–Kier alpha value is -4.82. The van der Waals surface area contributed by atoms with Crippen LogP contribution in [0.3, 0.4) is 0 Å². The second-order valence-corrected chi connectivity index (χ2v) is 9.03. The van der Waals surface area contributed by atoms with Crippen molar-refractivity contribution in [2.75, 3.05) is 5.32 Å².